The van der Waals surface area contributed by atoms with Gasteiger partial charge in [0.2, 0.25) is 0 Å². The second-order valence-corrected chi connectivity index (χ2v) is 5.47. The number of benzene rings is 1. The number of hydrogen-bond acceptors (Lipinski definition) is 2. The minimum absolute atomic E-state index is 0.387. The second-order valence-electron chi connectivity index (χ2n) is 4.55. The van der Waals surface area contributed by atoms with Crippen LogP contribution in [0.25, 0.3) is 0 Å². The Morgan fingerprint density at radius 3 is 2.44 bits per heavy atom. The van der Waals surface area contributed by atoms with Crippen LogP contribution in [0.3, 0.4) is 0 Å². The molecule has 18 heavy (non-hydrogen) atoms. The third kappa shape index (κ3) is 3.99. The molecule has 1 rings (SSSR count). The van der Waals surface area contributed by atoms with Crippen LogP contribution in [-0.2, 0) is 0 Å². The lowest BCUT2D eigenvalue weighted by atomic mass is 10.0. The molecule has 0 aliphatic carbocycles. The summed E-state index contributed by atoms with van der Waals surface area (Å²) in [6.07, 6.45) is 1.17. The van der Waals surface area contributed by atoms with Crippen molar-refractivity contribution in [1.82, 2.24) is 5.32 Å². The highest BCUT2D eigenvalue weighted by Crippen LogP contribution is 2.29. The molecule has 3 heteroatoms. The van der Waals surface area contributed by atoms with Gasteiger partial charge in [0, 0.05) is 29.3 Å². The first kappa shape index (κ1) is 15.5. The van der Waals surface area contributed by atoms with E-state index in [1.165, 1.54) is 17.7 Å². The van der Waals surface area contributed by atoms with Gasteiger partial charge in [0.1, 0.15) is 0 Å². The van der Waals surface area contributed by atoms with Gasteiger partial charge in [-0.3, -0.25) is 0 Å². The second kappa shape index (κ2) is 7.80. The Morgan fingerprint density at radius 2 is 1.89 bits per heavy atom. The summed E-state index contributed by atoms with van der Waals surface area (Å²) in [7, 11) is 0. The van der Waals surface area contributed by atoms with E-state index in [2.05, 4.69) is 72.0 Å². The number of rotatable bonds is 7. The molecule has 1 aromatic carbocycles. The van der Waals surface area contributed by atoms with Crippen molar-refractivity contribution in [3.8, 4) is 0 Å². The molecule has 2 nitrogen and oxygen atoms in total. The third-order valence-corrected chi connectivity index (χ3v) is 3.75. The van der Waals surface area contributed by atoms with Crippen LogP contribution >= 0.6 is 15.9 Å². The lowest BCUT2D eigenvalue weighted by Crippen LogP contribution is -2.26. The smallest absolute Gasteiger partial charge is 0.0415 e. The Balaban J connectivity index is 3.02. The fraction of sp³-hybridized carbons (Fsp3) is 0.600. The van der Waals surface area contributed by atoms with Crippen molar-refractivity contribution in [2.24, 2.45) is 0 Å². The van der Waals surface area contributed by atoms with Crippen molar-refractivity contribution in [2.75, 3.05) is 24.5 Å². The molecule has 1 N–H and O–H groups in total. The van der Waals surface area contributed by atoms with Crippen LogP contribution in [0.15, 0.2) is 22.7 Å². The number of nitrogens with one attached hydrogen (secondary N) is 1. The highest BCUT2D eigenvalue weighted by molar-refractivity contribution is 9.10. The summed E-state index contributed by atoms with van der Waals surface area (Å²) < 4.78 is 1.15. The highest BCUT2D eigenvalue weighted by atomic mass is 79.9. The SMILES string of the molecule is CCCNC(C)c1cc(Br)ccc1N(CC)CC. The summed E-state index contributed by atoms with van der Waals surface area (Å²) >= 11 is 3.58. The Hall–Kier alpha value is -0.540. The fourth-order valence-corrected chi connectivity index (χ4v) is 2.57. The summed E-state index contributed by atoms with van der Waals surface area (Å²) in [4.78, 5) is 2.41. The molecule has 0 saturated heterocycles. The maximum absolute atomic E-state index is 3.58. The van der Waals surface area contributed by atoms with Gasteiger partial charge in [0.15, 0.2) is 0 Å². The number of hydrogen-bond donors (Lipinski definition) is 1. The lowest BCUT2D eigenvalue weighted by Gasteiger charge is -2.27. The van der Waals surface area contributed by atoms with Crippen molar-refractivity contribution >= 4 is 21.6 Å². The lowest BCUT2D eigenvalue weighted by molar-refractivity contribution is 0.569. The number of halogens is 1. The summed E-state index contributed by atoms with van der Waals surface area (Å²) in [5.74, 6) is 0. The summed E-state index contributed by atoms with van der Waals surface area (Å²) in [5, 5.41) is 3.57. The maximum Gasteiger partial charge on any atom is 0.0415 e. The Morgan fingerprint density at radius 1 is 1.22 bits per heavy atom. The molecule has 1 aromatic rings. The molecular formula is C15H25BrN2. The van der Waals surface area contributed by atoms with Crippen LogP contribution in [0.2, 0.25) is 0 Å². The monoisotopic (exact) mass is 312 g/mol. The summed E-state index contributed by atoms with van der Waals surface area (Å²) in [5.41, 5.74) is 2.72. The molecule has 0 amide bonds. The third-order valence-electron chi connectivity index (χ3n) is 3.26. The topological polar surface area (TPSA) is 15.3 Å². The molecule has 1 unspecified atom stereocenters. The molecule has 0 radical (unpaired) electrons. The van der Waals surface area contributed by atoms with Gasteiger partial charge < -0.3 is 10.2 Å². The quantitative estimate of drug-likeness (QED) is 0.805. The number of nitrogens with zero attached hydrogens (tertiary/aromatic N) is 1. The molecule has 102 valence electrons. The summed E-state index contributed by atoms with van der Waals surface area (Å²) in [6, 6.07) is 6.97. The van der Waals surface area contributed by atoms with E-state index < -0.39 is 0 Å². The molecule has 0 fully saturated rings. The Bertz CT molecular complexity index is 362. The van der Waals surface area contributed by atoms with Gasteiger partial charge >= 0.3 is 0 Å². The zero-order chi connectivity index (χ0) is 13.5. The van der Waals surface area contributed by atoms with Crippen molar-refractivity contribution in [3.63, 3.8) is 0 Å². The van der Waals surface area contributed by atoms with Crippen molar-refractivity contribution in [3.05, 3.63) is 28.2 Å². The molecule has 0 bridgehead atoms. The average molecular weight is 313 g/mol. The zero-order valence-electron chi connectivity index (χ0n) is 12.0. The van der Waals surface area contributed by atoms with Gasteiger partial charge in [-0.15, -0.1) is 0 Å². The van der Waals surface area contributed by atoms with E-state index in [0.29, 0.717) is 6.04 Å². The van der Waals surface area contributed by atoms with E-state index in [1.54, 1.807) is 0 Å². The minimum atomic E-state index is 0.387. The van der Waals surface area contributed by atoms with E-state index in [4.69, 9.17) is 0 Å². The molecule has 0 aliphatic rings. The molecule has 0 saturated carbocycles. The minimum Gasteiger partial charge on any atom is -0.372 e. The normalized spacial score (nSPS) is 12.5. The van der Waals surface area contributed by atoms with Crippen LogP contribution < -0.4 is 10.2 Å². The largest absolute Gasteiger partial charge is 0.372 e. The zero-order valence-corrected chi connectivity index (χ0v) is 13.5. The van der Waals surface area contributed by atoms with Crippen LogP contribution in [-0.4, -0.2) is 19.6 Å². The molecule has 1 atom stereocenters. The summed E-state index contributed by atoms with van der Waals surface area (Å²) in [6.45, 7) is 12.0. The van der Waals surface area contributed by atoms with Crippen molar-refractivity contribution in [2.45, 2.75) is 40.2 Å². The van der Waals surface area contributed by atoms with Gasteiger partial charge in [-0.2, -0.15) is 0 Å². The first-order valence-electron chi connectivity index (χ1n) is 6.91. The van der Waals surface area contributed by atoms with Gasteiger partial charge in [0.25, 0.3) is 0 Å². The predicted molar refractivity (Wildman–Crippen MR) is 84.4 cm³/mol. The molecule has 0 aromatic heterocycles. The van der Waals surface area contributed by atoms with E-state index in [1.807, 2.05) is 0 Å². The van der Waals surface area contributed by atoms with E-state index in [-0.39, 0.29) is 0 Å². The standard InChI is InChI=1S/C15H25BrN2/c1-5-10-17-12(4)14-11-13(16)8-9-15(14)18(6-2)7-3/h8-9,11-12,17H,5-7,10H2,1-4H3. The molecule has 0 spiro atoms. The average Bonchev–Trinajstić information content (AvgIpc) is 2.38. The van der Waals surface area contributed by atoms with Crippen LogP contribution in [0.4, 0.5) is 5.69 Å². The first-order chi connectivity index (χ1) is 8.63. The molecule has 0 heterocycles. The van der Waals surface area contributed by atoms with E-state index >= 15 is 0 Å². The van der Waals surface area contributed by atoms with Crippen molar-refractivity contribution in [1.29, 1.82) is 0 Å². The van der Waals surface area contributed by atoms with Crippen LogP contribution in [0.1, 0.15) is 45.7 Å². The maximum atomic E-state index is 3.58. The number of anilines is 1. The van der Waals surface area contributed by atoms with Gasteiger partial charge in [-0.1, -0.05) is 22.9 Å². The van der Waals surface area contributed by atoms with Crippen molar-refractivity contribution < 1.29 is 0 Å². The van der Waals surface area contributed by atoms with Crippen LogP contribution in [0, 0.1) is 0 Å². The predicted octanol–water partition coefficient (Wildman–Crippen LogP) is 4.36. The van der Waals surface area contributed by atoms with Crippen LogP contribution in [0.5, 0.6) is 0 Å². The van der Waals surface area contributed by atoms with Gasteiger partial charge in [-0.05, 0) is 57.5 Å². The fourth-order valence-electron chi connectivity index (χ4n) is 2.20. The van der Waals surface area contributed by atoms with Gasteiger partial charge in [0.05, 0.1) is 0 Å². The van der Waals surface area contributed by atoms with Gasteiger partial charge in [-0.25, -0.2) is 0 Å². The first-order valence-corrected chi connectivity index (χ1v) is 7.71. The Kier molecular flexibility index (Phi) is 6.72. The molecular weight excluding hydrogens is 288 g/mol. The van der Waals surface area contributed by atoms with E-state index in [0.717, 1.165) is 24.1 Å². The highest BCUT2D eigenvalue weighted by Gasteiger charge is 2.14. The molecule has 0 aliphatic heterocycles. The Labute approximate surface area is 120 Å². The van der Waals surface area contributed by atoms with E-state index in [9.17, 15) is 0 Å².